The summed E-state index contributed by atoms with van der Waals surface area (Å²) >= 11 is 0. The van der Waals surface area contributed by atoms with E-state index in [1.54, 1.807) is 0 Å². The minimum atomic E-state index is 0. The molecule has 2 aliphatic rings. The summed E-state index contributed by atoms with van der Waals surface area (Å²) in [7, 11) is 0. The maximum atomic E-state index is 12.5. The van der Waals surface area contributed by atoms with Gasteiger partial charge in [0, 0.05) is 31.8 Å². The van der Waals surface area contributed by atoms with Crippen molar-refractivity contribution in [1.29, 1.82) is 0 Å². The molecule has 0 atom stereocenters. The molecule has 1 aromatic carbocycles. The predicted molar refractivity (Wildman–Crippen MR) is 89.5 cm³/mol. The van der Waals surface area contributed by atoms with E-state index in [1.165, 1.54) is 0 Å². The number of ether oxygens (including phenoxy) is 1. The number of hydrogen-bond acceptors (Lipinski definition) is 3. The van der Waals surface area contributed by atoms with Gasteiger partial charge in [-0.05, 0) is 38.1 Å². The van der Waals surface area contributed by atoms with Crippen LogP contribution in [0.1, 0.15) is 25.7 Å². The van der Waals surface area contributed by atoms with Crippen LogP contribution in [0.25, 0.3) is 0 Å². The van der Waals surface area contributed by atoms with Gasteiger partial charge in [0.25, 0.3) is 0 Å². The quantitative estimate of drug-likeness (QED) is 0.928. The Hall–Kier alpha value is -1.26. The normalized spacial score (nSPS) is 20.3. The van der Waals surface area contributed by atoms with Gasteiger partial charge < -0.3 is 15.0 Å². The number of likely N-dealkylation sites (tertiary alicyclic amines) is 1. The first kappa shape index (κ1) is 17.1. The highest BCUT2D eigenvalue weighted by atomic mass is 35.5. The molecular weight excluding hydrogens is 300 g/mol. The molecule has 2 heterocycles. The SMILES string of the molecule is Cl.O=C(C1CCNCC1)N1CCC(Oc2ccccc2)CC1. The van der Waals surface area contributed by atoms with Crippen LogP contribution in [-0.4, -0.2) is 43.1 Å². The number of amides is 1. The summed E-state index contributed by atoms with van der Waals surface area (Å²) in [6.07, 6.45) is 4.08. The number of halogens is 1. The summed E-state index contributed by atoms with van der Waals surface area (Å²) in [5.41, 5.74) is 0. The first-order chi connectivity index (χ1) is 10.3. The van der Waals surface area contributed by atoms with Crippen molar-refractivity contribution in [1.82, 2.24) is 10.2 Å². The molecule has 1 N–H and O–H groups in total. The average molecular weight is 325 g/mol. The Morgan fingerprint density at radius 3 is 2.32 bits per heavy atom. The van der Waals surface area contributed by atoms with Crippen molar-refractivity contribution < 1.29 is 9.53 Å². The lowest BCUT2D eigenvalue weighted by Crippen LogP contribution is -2.46. The number of benzene rings is 1. The van der Waals surface area contributed by atoms with E-state index in [0.29, 0.717) is 5.91 Å². The summed E-state index contributed by atoms with van der Waals surface area (Å²) in [4.78, 5) is 14.5. The van der Waals surface area contributed by atoms with Crippen LogP contribution < -0.4 is 10.1 Å². The van der Waals surface area contributed by atoms with Crippen molar-refractivity contribution in [2.45, 2.75) is 31.8 Å². The predicted octanol–water partition coefficient (Wildman–Crippen LogP) is 2.48. The zero-order chi connectivity index (χ0) is 14.5. The molecule has 1 amide bonds. The highest BCUT2D eigenvalue weighted by molar-refractivity contribution is 5.85. The standard InChI is InChI=1S/C17H24N2O2.ClH/c20-17(14-6-10-18-11-7-14)19-12-8-16(9-13-19)21-15-4-2-1-3-5-15;/h1-5,14,16,18H,6-13H2;1H. The highest BCUT2D eigenvalue weighted by Crippen LogP contribution is 2.22. The lowest BCUT2D eigenvalue weighted by atomic mass is 9.95. The Bertz CT molecular complexity index is 455. The molecule has 2 fully saturated rings. The molecule has 0 spiro atoms. The van der Waals surface area contributed by atoms with Crippen LogP contribution in [-0.2, 0) is 4.79 Å². The van der Waals surface area contributed by atoms with Crippen LogP contribution in [0.3, 0.4) is 0 Å². The van der Waals surface area contributed by atoms with Gasteiger partial charge in [0.05, 0.1) is 0 Å². The van der Waals surface area contributed by atoms with E-state index in [4.69, 9.17) is 4.74 Å². The van der Waals surface area contributed by atoms with Crippen LogP contribution in [0.5, 0.6) is 5.75 Å². The number of carbonyl (C=O) groups excluding carboxylic acids is 1. The molecule has 1 aromatic rings. The fourth-order valence-electron chi connectivity index (χ4n) is 3.21. The molecule has 0 aliphatic carbocycles. The Kier molecular flexibility index (Phi) is 6.52. The summed E-state index contributed by atoms with van der Waals surface area (Å²) in [5.74, 6) is 1.52. The zero-order valence-corrected chi connectivity index (χ0v) is 13.7. The van der Waals surface area contributed by atoms with Crippen LogP contribution in [0.2, 0.25) is 0 Å². The summed E-state index contributed by atoms with van der Waals surface area (Å²) in [5, 5.41) is 3.32. The van der Waals surface area contributed by atoms with Gasteiger partial charge in [-0.3, -0.25) is 4.79 Å². The zero-order valence-electron chi connectivity index (χ0n) is 12.9. The molecule has 22 heavy (non-hydrogen) atoms. The summed E-state index contributed by atoms with van der Waals surface area (Å²) in [6, 6.07) is 9.96. The smallest absolute Gasteiger partial charge is 0.225 e. The molecule has 0 radical (unpaired) electrons. The summed E-state index contributed by atoms with van der Waals surface area (Å²) < 4.78 is 5.98. The number of nitrogens with zero attached hydrogens (tertiary/aromatic N) is 1. The van der Waals surface area contributed by atoms with E-state index < -0.39 is 0 Å². The molecule has 2 aliphatic heterocycles. The Balaban J connectivity index is 0.00000176. The minimum absolute atomic E-state index is 0. The van der Waals surface area contributed by atoms with Gasteiger partial charge in [-0.25, -0.2) is 0 Å². The maximum Gasteiger partial charge on any atom is 0.225 e. The van der Waals surface area contributed by atoms with Gasteiger partial charge in [-0.2, -0.15) is 0 Å². The van der Waals surface area contributed by atoms with E-state index in [0.717, 1.165) is 57.6 Å². The number of carbonyl (C=O) groups is 1. The van der Waals surface area contributed by atoms with Crippen LogP contribution in [0.15, 0.2) is 30.3 Å². The third-order valence-electron chi connectivity index (χ3n) is 4.49. The lowest BCUT2D eigenvalue weighted by molar-refractivity contribution is -0.138. The number of hydrogen-bond donors (Lipinski definition) is 1. The molecular formula is C17H25ClN2O2. The molecule has 4 nitrogen and oxygen atoms in total. The van der Waals surface area contributed by atoms with E-state index in [9.17, 15) is 4.79 Å². The topological polar surface area (TPSA) is 41.6 Å². The number of nitrogens with one attached hydrogen (secondary N) is 1. The third kappa shape index (κ3) is 4.37. The molecule has 3 rings (SSSR count). The number of para-hydroxylation sites is 1. The fourth-order valence-corrected chi connectivity index (χ4v) is 3.21. The van der Waals surface area contributed by atoms with E-state index in [2.05, 4.69) is 5.32 Å². The van der Waals surface area contributed by atoms with Gasteiger partial charge in [-0.15, -0.1) is 12.4 Å². The van der Waals surface area contributed by atoms with Gasteiger partial charge >= 0.3 is 0 Å². The Morgan fingerprint density at radius 1 is 1.05 bits per heavy atom. The molecule has 0 unspecified atom stereocenters. The average Bonchev–Trinajstić information content (AvgIpc) is 2.57. The molecule has 0 saturated carbocycles. The summed E-state index contributed by atoms with van der Waals surface area (Å²) in [6.45, 7) is 3.62. The molecule has 2 saturated heterocycles. The van der Waals surface area contributed by atoms with Crippen LogP contribution in [0.4, 0.5) is 0 Å². The first-order valence-corrected chi connectivity index (χ1v) is 8.04. The minimum Gasteiger partial charge on any atom is -0.490 e. The van der Waals surface area contributed by atoms with E-state index >= 15 is 0 Å². The first-order valence-electron chi connectivity index (χ1n) is 8.04. The second-order valence-electron chi connectivity index (χ2n) is 5.98. The van der Waals surface area contributed by atoms with Crippen molar-refractivity contribution in [2.75, 3.05) is 26.2 Å². The largest absolute Gasteiger partial charge is 0.490 e. The lowest BCUT2D eigenvalue weighted by Gasteiger charge is -2.35. The third-order valence-corrected chi connectivity index (χ3v) is 4.49. The van der Waals surface area contributed by atoms with Crippen molar-refractivity contribution in [2.24, 2.45) is 5.92 Å². The van der Waals surface area contributed by atoms with E-state index in [-0.39, 0.29) is 24.4 Å². The number of rotatable bonds is 3. The van der Waals surface area contributed by atoms with E-state index in [1.807, 2.05) is 35.2 Å². The molecule has 122 valence electrons. The second kappa shape index (κ2) is 8.39. The van der Waals surface area contributed by atoms with Gasteiger partial charge in [0.1, 0.15) is 11.9 Å². The molecule has 0 aromatic heterocycles. The highest BCUT2D eigenvalue weighted by Gasteiger charge is 2.29. The fraction of sp³-hybridized carbons (Fsp3) is 0.588. The molecule has 0 bridgehead atoms. The van der Waals surface area contributed by atoms with Gasteiger partial charge in [0.15, 0.2) is 0 Å². The Morgan fingerprint density at radius 2 is 1.68 bits per heavy atom. The van der Waals surface area contributed by atoms with Crippen molar-refractivity contribution in [3.63, 3.8) is 0 Å². The van der Waals surface area contributed by atoms with Gasteiger partial charge in [0.2, 0.25) is 5.91 Å². The van der Waals surface area contributed by atoms with Crippen molar-refractivity contribution in [3.8, 4) is 5.75 Å². The van der Waals surface area contributed by atoms with Crippen molar-refractivity contribution in [3.05, 3.63) is 30.3 Å². The van der Waals surface area contributed by atoms with Crippen LogP contribution >= 0.6 is 12.4 Å². The van der Waals surface area contributed by atoms with Crippen molar-refractivity contribution >= 4 is 18.3 Å². The van der Waals surface area contributed by atoms with Gasteiger partial charge in [-0.1, -0.05) is 18.2 Å². The Labute approximate surface area is 138 Å². The number of piperidine rings is 2. The maximum absolute atomic E-state index is 12.5. The molecule has 5 heteroatoms. The second-order valence-corrected chi connectivity index (χ2v) is 5.98. The monoisotopic (exact) mass is 324 g/mol. The van der Waals surface area contributed by atoms with Crippen LogP contribution in [0, 0.1) is 5.92 Å².